The van der Waals surface area contributed by atoms with Crippen molar-refractivity contribution in [2.24, 2.45) is 0 Å². The van der Waals surface area contributed by atoms with E-state index in [9.17, 15) is 8.78 Å². The van der Waals surface area contributed by atoms with Crippen LogP contribution in [0.5, 0.6) is 0 Å². The highest BCUT2D eigenvalue weighted by Gasteiger charge is 2.17. The molecular weight excluding hydrogens is 277 g/mol. The van der Waals surface area contributed by atoms with Crippen molar-refractivity contribution in [3.05, 3.63) is 69.7 Å². The van der Waals surface area contributed by atoms with Gasteiger partial charge in [-0.1, -0.05) is 23.7 Å². The lowest BCUT2D eigenvalue weighted by Crippen LogP contribution is -1.99. The van der Waals surface area contributed by atoms with Gasteiger partial charge >= 0.3 is 0 Å². The zero-order valence-corrected chi connectivity index (χ0v) is 11.1. The fraction of sp³-hybridized carbons (Fsp3) is 0.143. The average molecular weight is 287 g/mol. The maximum atomic E-state index is 13.7. The maximum Gasteiger partial charge on any atom is 0.131 e. The summed E-state index contributed by atoms with van der Waals surface area (Å²) in [5.41, 5.74) is 1.34. The third-order valence-corrected chi connectivity index (χ3v) is 3.45. The van der Waals surface area contributed by atoms with Gasteiger partial charge in [-0.05, 0) is 36.2 Å². The Bertz CT molecular complexity index is 565. The largest absolute Gasteiger partial charge is 0.207 e. The minimum Gasteiger partial charge on any atom is -0.207 e. The van der Waals surface area contributed by atoms with Crippen molar-refractivity contribution in [2.75, 3.05) is 0 Å². The van der Waals surface area contributed by atoms with Gasteiger partial charge in [0.05, 0.1) is 5.38 Å². The lowest BCUT2D eigenvalue weighted by Gasteiger charge is -2.12. The first-order valence-corrected chi connectivity index (χ1v) is 6.15. The summed E-state index contributed by atoms with van der Waals surface area (Å²) in [6.45, 7) is 1.57. The second-order valence-electron chi connectivity index (χ2n) is 4.04. The molecule has 0 aromatic heterocycles. The summed E-state index contributed by atoms with van der Waals surface area (Å²) in [4.78, 5) is 0. The molecule has 0 aliphatic heterocycles. The number of halogens is 4. The van der Waals surface area contributed by atoms with Crippen molar-refractivity contribution >= 4 is 23.2 Å². The number of rotatable bonds is 2. The van der Waals surface area contributed by atoms with Crippen molar-refractivity contribution in [3.8, 4) is 0 Å². The van der Waals surface area contributed by atoms with Crippen molar-refractivity contribution < 1.29 is 8.78 Å². The summed E-state index contributed by atoms with van der Waals surface area (Å²) >= 11 is 12.0. The normalized spacial score (nSPS) is 12.5. The molecule has 0 bridgehead atoms. The molecule has 1 unspecified atom stereocenters. The molecular formula is C14H10Cl2F2. The number of benzene rings is 2. The average Bonchev–Trinajstić information content (AvgIpc) is 2.34. The minimum atomic E-state index is -0.665. The first-order chi connectivity index (χ1) is 8.49. The van der Waals surface area contributed by atoms with Crippen LogP contribution in [0.4, 0.5) is 8.78 Å². The second kappa shape index (κ2) is 5.25. The van der Waals surface area contributed by atoms with E-state index in [4.69, 9.17) is 23.2 Å². The molecule has 2 aromatic carbocycles. The van der Waals surface area contributed by atoms with Gasteiger partial charge in [0.1, 0.15) is 11.6 Å². The van der Waals surface area contributed by atoms with Crippen LogP contribution in [-0.4, -0.2) is 0 Å². The zero-order chi connectivity index (χ0) is 13.3. The lowest BCUT2D eigenvalue weighted by atomic mass is 10.0. The highest BCUT2D eigenvalue weighted by molar-refractivity contribution is 6.30. The van der Waals surface area contributed by atoms with Gasteiger partial charge in [0.15, 0.2) is 0 Å². The minimum absolute atomic E-state index is 0.262. The van der Waals surface area contributed by atoms with E-state index >= 15 is 0 Å². The van der Waals surface area contributed by atoms with Crippen LogP contribution in [-0.2, 0) is 0 Å². The van der Waals surface area contributed by atoms with Gasteiger partial charge in [-0.25, -0.2) is 8.78 Å². The molecule has 0 nitrogen and oxygen atoms in total. The molecule has 1 atom stereocenters. The summed E-state index contributed by atoms with van der Waals surface area (Å²) in [5, 5.41) is -0.0834. The molecule has 0 spiro atoms. The standard InChI is InChI=1S/C14H10Cl2F2/c1-8-6-11(13(18)7-12(8)17)14(16)9-2-4-10(15)5-3-9/h2-7,14H,1H3. The molecule has 0 saturated carbocycles. The van der Waals surface area contributed by atoms with E-state index in [1.165, 1.54) is 6.07 Å². The van der Waals surface area contributed by atoms with E-state index in [-0.39, 0.29) is 5.56 Å². The summed E-state index contributed by atoms with van der Waals surface area (Å²) in [6.07, 6.45) is 0. The molecule has 0 aliphatic carbocycles. The number of hydrogen-bond donors (Lipinski definition) is 0. The molecule has 18 heavy (non-hydrogen) atoms. The molecule has 94 valence electrons. The molecule has 0 saturated heterocycles. The SMILES string of the molecule is Cc1cc(C(Cl)c2ccc(Cl)cc2)c(F)cc1F. The molecule has 0 aliphatic rings. The number of alkyl halides is 1. The molecule has 0 amide bonds. The third-order valence-electron chi connectivity index (χ3n) is 2.71. The molecule has 0 radical (unpaired) electrons. The predicted octanol–water partition coefficient (Wildman–Crippen LogP) is 5.25. The second-order valence-corrected chi connectivity index (χ2v) is 4.91. The quantitative estimate of drug-likeness (QED) is 0.661. The monoisotopic (exact) mass is 286 g/mol. The molecule has 2 rings (SSSR count). The maximum absolute atomic E-state index is 13.7. The molecule has 4 heteroatoms. The van der Waals surface area contributed by atoms with Gasteiger partial charge in [-0.3, -0.25) is 0 Å². The molecule has 0 fully saturated rings. The topological polar surface area (TPSA) is 0 Å². The van der Waals surface area contributed by atoms with Gasteiger partial charge in [0.2, 0.25) is 0 Å². The van der Waals surface area contributed by atoms with Gasteiger partial charge in [-0.2, -0.15) is 0 Å². The number of aryl methyl sites for hydroxylation is 1. The Hall–Kier alpha value is -1.12. The summed E-state index contributed by atoms with van der Waals surface area (Å²) < 4.78 is 26.9. The van der Waals surface area contributed by atoms with E-state index in [0.717, 1.165) is 6.07 Å². The van der Waals surface area contributed by atoms with Crippen LogP contribution in [0.3, 0.4) is 0 Å². The predicted molar refractivity (Wildman–Crippen MR) is 70.2 cm³/mol. The molecule has 0 heterocycles. The molecule has 0 N–H and O–H groups in total. The molecule has 2 aromatic rings. The first-order valence-electron chi connectivity index (χ1n) is 5.34. The first kappa shape index (κ1) is 13.3. The van der Waals surface area contributed by atoms with Gasteiger partial charge in [0.25, 0.3) is 0 Å². The number of hydrogen-bond acceptors (Lipinski definition) is 0. The Labute approximate surface area is 114 Å². The van der Waals surface area contributed by atoms with E-state index in [1.807, 2.05) is 0 Å². The Morgan fingerprint density at radius 1 is 1.00 bits per heavy atom. The summed E-state index contributed by atoms with van der Waals surface area (Å²) in [5.74, 6) is -1.22. The summed E-state index contributed by atoms with van der Waals surface area (Å²) in [6, 6.07) is 9.09. The van der Waals surface area contributed by atoms with Crippen LogP contribution in [0, 0.1) is 18.6 Å². The highest BCUT2D eigenvalue weighted by Crippen LogP contribution is 2.32. The Morgan fingerprint density at radius 3 is 2.22 bits per heavy atom. The Kier molecular flexibility index (Phi) is 3.88. The van der Waals surface area contributed by atoms with Crippen LogP contribution in [0.25, 0.3) is 0 Å². The van der Waals surface area contributed by atoms with E-state index < -0.39 is 17.0 Å². The van der Waals surface area contributed by atoms with Gasteiger partial charge < -0.3 is 0 Å². The van der Waals surface area contributed by atoms with Crippen molar-refractivity contribution in [1.29, 1.82) is 0 Å². The fourth-order valence-corrected chi connectivity index (χ4v) is 2.12. The van der Waals surface area contributed by atoms with Crippen LogP contribution < -0.4 is 0 Å². The van der Waals surface area contributed by atoms with Crippen molar-refractivity contribution in [1.82, 2.24) is 0 Å². The van der Waals surface area contributed by atoms with E-state index in [0.29, 0.717) is 16.1 Å². The third kappa shape index (κ3) is 2.65. The fourth-order valence-electron chi connectivity index (χ4n) is 1.69. The van der Waals surface area contributed by atoms with Crippen LogP contribution in [0.1, 0.15) is 22.1 Å². The van der Waals surface area contributed by atoms with Crippen LogP contribution in [0.15, 0.2) is 36.4 Å². The van der Waals surface area contributed by atoms with Gasteiger partial charge in [0, 0.05) is 16.7 Å². The van der Waals surface area contributed by atoms with Crippen molar-refractivity contribution in [2.45, 2.75) is 12.3 Å². The lowest BCUT2D eigenvalue weighted by molar-refractivity contribution is 0.568. The highest BCUT2D eigenvalue weighted by atomic mass is 35.5. The Morgan fingerprint density at radius 2 is 1.61 bits per heavy atom. The van der Waals surface area contributed by atoms with Gasteiger partial charge in [-0.15, -0.1) is 11.6 Å². The van der Waals surface area contributed by atoms with E-state index in [2.05, 4.69) is 0 Å². The van der Waals surface area contributed by atoms with E-state index in [1.54, 1.807) is 31.2 Å². The smallest absolute Gasteiger partial charge is 0.131 e. The Balaban J connectivity index is 2.42. The van der Waals surface area contributed by atoms with Crippen molar-refractivity contribution in [3.63, 3.8) is 0 Å². The van der Waals surface area contributed by atoms with Crippen LogP contribution in [0.2, 0.25) is 5.02 Å². The zero-order valence-electron chi connectivity index (χ0n) is 9.55. The van der Waals surface area contributed by atoms with Crippen LogP contribution >= 0.6 is 23.2 Å². The summed E-state index contributed by atoms with van der Waals surface area (Å²) in [7, 11) is 0.